The summed E-state index contributed by atoms with van der Waals surface area (Å²) in [5.41, 5.74) is 1.12. The Morgan fingerprint density at radius 3 is 2.50 bits per heavy atom. The number of rotatable bonds is 9. The standard InChI is InChI=1S/C19H21BrClNO4/c1-24-17-7-5-13(10-18(17)25-2)4-3-9-22-19(23)12-26-16-8-6-14(20)11-15(16)21/h5-8,10-11H,3-4,9,12H2,1-2H3,(H,22,23). The predicted molar refractivity (Wildman–Crippen MR) is 106 cm³/mol. The molecule has 1 N–H and O–H groups in total. The second kappa shape index (κ2) is 10.3. The van der Waals surface area contributed by atoms with Crippen LogP contribution in [0.5, 0.6) is 17.2 Å². The molecule has 1 amide bonds. The second-order valence-electron chi connectivity index (χ2n) is 5.51. The van der Waals surface area contributed by atoms with Crippen molar-refractivity contribution in [3.63, 3.8) is 0 Å². The zero-order chi connectivity index (χ0) is 18.9. The molecule has 0 bridgehead atoms. The van der Waals surface area contributed by atoms with Gasteiger partial charge in [-0.15, -0.1) is 0 Å². The van der Waals surface area contributed by atoms with Gasteiger partial charge in [0, 0.05) is 11.0 Å². The lowest BCUT2D eigenvalue weighted by molar-refractivity contribution is -0.123. The van der Waals surface area contributed by atoms with Crippen LogP contribution in [-0.2, 0) is 11.2 Å². The van der Waals surface area contributed by atoms with Crippen molar-refractivity contribution in [2.24, 2.45) is 0 Å². The number of aryl methyl sites for hydroxylation is 1. The summed E-state index contributed by atoms with van der Waals surface area (Å²) in [7, 11) is 3.22. The first-order valence-electron chi connectivity index (χ1n) is 8.09. The predicted octanol–water partition coefficient (Wildman–Crippen LogP) is 4.25. The van der Waals surface area contributed by atoms with Crippen LogP contribution >= 0.6 is 27.5 Å². The first-order chi connectivity index (χ1) is 12.5. The fourth-order valence-electron chi connectivity index (χ4n) is 2.34. The number of benzene rings is 2. The van der Waals surface area contributed by atoms with Gasteiger partial charge in [-0.3, -0.25) is 4.79 Å². The molecule has 2 aromatic rings. The van der Waals surface area contributed by atoms with Crippen LogP contribution in [0.2, 0.25) is 5.02 Å². The summed E-state index contributed by atoms with van der Waals surface area (Å²) < 4.78 is 16.8. The number of ether oxygens (including phenoxy) is 3. The Bertz CT molecular complexity index is 754. The van der Waals surface area contributed by atoms with Gasteiger partial charge in [0.1, 0.15) is 5.75 Å². The molecule has 140 valence electrons. The zero-order valence-corrected chi connectivity index (χ0v) is 17.0. The maximum Gasteiger partial charge on any atom is 0.257 e. The van der Waals surface area contributed by atoms with Crippen molar-refractivity contribution >= 4 is 33.4 Å². The van der Waals surface area contributed by atoms with Gasteiger partial charge >= 0.3 is 0 Å². The lowest BCUT2D eigenvalue weighted by Gasteiger charge is -2.10. The summed E-state index contributed by atoms with van der Waals surface area (Å²) >= 11 is 9.37. The largest absolute Gasteiger partial charge is 0.493 e. The van der Waals surface area contributed by atoms with Crippen LogP contribution in [-0.4, -0.2) is 33.3 Å². The number of amides is 1. The first-order valence-corrected chi connectivity index (χ1v) is 9.26. The molecule has 2 aromatic carbocycles. The summed E-state index contributed by atoms with van der Waals surface area (Å²) in [5, 5.41) is 3.29. The molecular formula is C19H21BrClNO4. The molecule has 0 heterocycles. The number of hydrogen-bond acceptors (Lipinski definition) is 4. The molecule has 0 unspecified atom stereocenters. The molecule has 26 heavy (non-hydrogen) atoms. The molecule has 0 radical (unpaired) electrons. The Hall–Kier alpha value is -1.92. The molecule has 7 heteroatoms. The van der Waals surface area contributed by atoms with Crippen molar-refractivity contribution in [2.45, 2.75) is 12.8 Å². The van der Waals surface area contributed by atoms with Crippen LogP contribution in [0.3, 0.4) is 0 Å². The van der Waals surface area contributed by atoms with Gasteiger partial charge in [-0.1, -0.05) is 33.6 Å². The monoisotopic (exact) mass is 441 g/mol. The minimum atomic E-state index is -0.184. The highest BCUT2D eigenvalue weighted by atomic mass is 79.9. The summed E-state index contributed by atoms with van der Waals surface area (Å²) in [6.07, 6.45) is 1.63. The van der Waals surface area contributed by atoms with Crippen LogP contribution in [0.25, 0.3) is 0 Å². The molecular weight excluding hydrogens is 422 g/mol. The smallest absolute Gasteiger partial charge is 0.257 e. The normalized spacial score (nSPS) is 10.3. The van der Waals surface area contributed by atoms with Gasteiger partial charge < -0.3 is 19.5 Å². The third kappa shape index (κ3) is 6.11. The molecule has 0 atom stereocenters. The Morgan fingerprint density at radius 1 is 1.08 bits per heavy atom. The number of methoxy groups -OCH3 is 2. The van der Waals surface area contributed by atoms with Crippen LogP contribution in [0.15, 0.2) is 40.9 Å². The van der Waals surface area contributed by atoms with E-state index in [0.717, 1.165) is 22.9 Å². The Morgan fingerprint density at radius 2 is 1.81 bits per heavy atom. The molecule has 0 aliphatic rings. The van der Waals surface area contributed by atoms with Gasteiger partial charge in [-0.2, -0.15) is 0 Å². The van der Waals surface area contributed by atoms with E-state index in [9.17, 15) is 4.79 Å². The second-order valence-corrected chi connectivity index (χ2v) is 6.83. The number of hydrogen-bond donors (Lipinski definition) is 1. The minimum Gasteiger partial charge on any atom is -0.493 e. The van der Waals surface area contributed by atoms with Crippen molar-refractivity contribution in [1.82, 2.24) is 5.32 Å². The maximum absolute atomic E-state index is 11.9. The van der Waals surface area contributed by atoms with Gasteiger partial charge in [-0.05, 0) is 48.7 Å². The lowest BCUT2D eigenvalue weighted by Crippen LogP contribution is -2.29. The Kier molecular flexibility index (Phi) is 8.06. The molecule has 0 aliphatic carbocycles. The Labute approximate surface area is 166 Å². The highest BCUT2D eigenvalue weighted by Crippen LogP contribution is 2.28. The zero-order valence-electron chi connectivity index (χ0n) is 14.7. The van der Waals surface area contributed by atoms with Crippen LogP contribution < -0.4 is 19.5 Å². The fraction of sp³-hybridized carbons (Fsp3) is 0.316. The van der Waals surface area contributed by atoms with E-state index in [1.807, 2.05) is 24.3 Å². The molecule has 0 saturated heterocycles. The Balaban J connectivity index is 1.71. The van der Waals surface area contributed by atoms with Crippen LogP contribution in [0.1, 0.15) is 12.0 Å². The van der Waals surface area contributed by atoms with Crippen LogP contribution in [0, 0.1) is 0 Å². The van der Waals surface area contributed by atoms with E-state index in [1.54, 1.807) is 26.4 Å². The van der Waals surface area contributed by atoms with E-state index in [4.69, 9.17) is 25.8 Å². The molecule has 0 saturated carbocycles. The van der Waals surface area contributed by atoms with E-state index in [-0.39, 0.29) is 12.5 Å². The molecule has 0 spiro atoms. The van der Waals surface area contributed by atoms with Gasteiger partial charge in [0.25, 0.3) is 5.91 Å². The van der Waals surface area contributed by atoms with Crippen LogP contribution in [0.4, 0.5) is 0 Å². The fourth-order valence-corrected chi connectivity index (χ4v) is 3.07. The number of nitrogens with one attached hydrogen (secondary N) is 1. The minimum absolute atomic E-state index is 0.0717. The first kappa shape index (κ1) is 20.4. The number of carbonyl (C=O) groups excluding carboxylic acids is 1. The number of halogens is 2. The third-order valence-electron chi connectivity index (χ3n) is 3.67. The quantitative estimate of drug-likeness (QED) is 0.590. The maximum atomic E-state index is 11.9. The van der Waals surface area contributed by atoms with Crippen molar-refractivity contribution in [3.05, 3.63) is 51.5 Å². The summed E-state index contributed by atoms with van der Waals surface area (Å²) in [5.74, 6) is 1.70. The highest BCUT2D eigenvalue weighted by Gasteiger charge is 2.07. The third-order valence-corrected chi connectivity index (χ3v) is 4.45. The van der Waals surface area contributed by atoms with Crippen molar-refractivity contribution in [2.75, 3.05) is 27.4 Å². The van der Waals surface area contributed by atoms with E-state index in [2.05, 4.69) is 21.2 Å². The summed E-state index contributed by atoms with van der Waals surface area (Å²) in [6.45, 7) is 0.488. The lowest BCUT2D eigenvalue weighted by atomic mass is 10.1. The molecule has 2 rings (SSSR count). The van der Waals surface area contributed by atoms with Gasteiger partial charge in [0.15, 0.2) is 18.1 Å². The average molecular weight is 443 g/mol. The van der Waals surface area contributed by atoms with E-state index < -0.39 is 0 Å². The van der Waals surface area contributed by atoms with Crippen molar-refractivity contribution < 1.29 is 19.0 Å². The summed E-state index contributed by atoms with van der Waals surface area (Å²) in [6, 6.07) is 11.1. The topological polar surface area (TPSA) is 56.8 Å². The van der Waals surface area contributed by atoms with Gasteiger partial charge in [0.05, 0.1) is 19.2 Å². The van der Waals surface area contributed by atoms with Gasteiger partial charge in [0.2, 0.25) is 0 Å². The van der Waals surface area contributed by atoms with E-state index >= 15 is 0 Å². The summed E-state index contributed by atoms with van der Waals surface area (Å²) in [4.78, 5) is 11.9. The van der Waals surface area contributed by atoms with E-state index in [1.165, 1.54) is 0 Å². The SMILES string of the molecule is COc1ccc(CCCNC(=O)COc2ccc(Br)cc2Cl)cc1OC. The highest BCUT2D eigenvalue weighted by molar-refractivity contribution is 9.10. The molecule has 0 aliphatic heterocycles. The van der Waals surface area contributed by atoms with Crippen molar-refractivity contribution in [1.29, 1.82) is 0 Å². The number of carbonyl (C=O) groups is 1. The molecule has 0 aromatic heterocycles. The molecule has 5 nitrogen and oxygen atoms in total. The van der Waals surface area contributed by atoms with E-state index in [0.29, 0.717) is 28.8 Å². The van der Waals surface area contributed by atoms with Gasteiger partial charge in [-0.25, -0.2) is 0 Å². The van der Waals surface area contributed by atoms with Crippen molar-refractivity contribution in [3.8, 4) is 17.2 Å². The average Bonchev–Trinajstić information content (AvgIpc) is 2.64. The molecule has 0 fully saturated rings.